The molecule has 0 radical (unpaired) electrons. The lowest BCUT2D eigenvalue weighted by molar-refractivity contribution is -0.153. The van der Waals surface area contributed by atoms with Crippen LogP contribution >= 0.6 is 0 Å². The first-order chi connectivity index (χ1) is 13.6. The van der Waals surface area contributed by atoms with Gasteiger partial charge in [-0.3, -0.25) is 4.79 Å². The molecule has 0 spiro atoms. The monoisotopic (exact) mass is 392 g/mol. The molecule has 8 nitrogen and oxygen atoms in total. The van der Waals surface area contributed by atoms with Crippen molar-refractivity contribution < 1.29 is 28.5 Å². The Balaban J connectivity index is 1.41. The molecular formula is C20H28N2O6. The maximum atomic E-state index is 12.4. The van der Waals surface area contributed by atoms with Crippen LogP contribution in [0.2, 0.25) is 0 Å². The average Bonchev–Trinajstić information content (AvgIpc) is 3.08. The normalized spacial score (nSPS) is 16.2. The number of hydrogen-bond donors (Lipinski definition) is 0. The molecule has 3 rings (SSSR count). The van der Waals surface area contributed by atoms with E-state index in [1.807, 2.05) is 32.0 Å². The second kappa shape index (κ2) is 9.64. The first kappa shape index (κ1) is 20.3. The summed E-state index contributed by atoms with van der Waals surface area (Å²) in [5, 5.41) is 0. The summed E-state index contributed by atoms with van der Waals surface area (Å²) in [5.74, 6) is 1.11. The van der Waals surface area contributed by atoms with Gasteiger partial charge in [-0.15, -0.1) is 0 Å². The number of nitrogens with zero attached hydrogens (tertiary/aromatic N) is 2. The minimum Gasteiger partial charge on any atom is -0.454 e. The van der Waals surface area contributed by atoms with E-state index in [1.165, 1.54) is 6.42 Å². The maximum absolute atomic E-state index is 12.4. The second-order valence-electron chi connectivity index (χ2n) is 7.02. The van der Waals surface area contributed by atoms with E-state index in [2.05, 4.69) is 4.90 Å². The van der Waals surface area contributed by atoms with Gasteiger partial charge in [0.2, 0.25) is 13.6 Å². The molecule has 1 fully saturated rings. The summed E-state index contributed by atoms with van der Waals surface area (Å²) in [6.45, 7) is 6.98. The number of esters is 1. The van der Waals surface area contributed by atoms with Crippen LogP contribution in [0.4, 0.5) is 4.79 Å². The average molecular weight is 392 g/mol. The van der Waals surface area contributed by atoms with Crippen molar-refractivity contribution in [3.8, 4) is 11.5 Å². The molecule has 1 amide bonds. The lowest BCUT2D eigenvalue weighted by Gasteiger charge is -2.30. The zero-order valence-corrected chi connectivity index (χ0v) is 16.5. The van der Waals surface area contributed by atoms with Crippen molar-refractivity contribution in [2.24, 2.45) is 0 Å². The van der Waals surface area contributed by atoms with Crippen LogP contribution in [0.5, 0.6) is 11.5 Å². The highest BCUT2D eigenvalue weighted by molar-refractivity contribution is 5.70. The summed E-state index contributed by atoms with van der Waals surface area (Å²) in [6.07, 6.45) is 1.65. The first-order valence-electron chi connectivity index (χ1n) is 9.76. The third-order valence-corrected chi connectivity index (χ3v) is 5.06. The fourth-order valence-electron chi connectivity index (χ4n) is 3.30. The van der Waals surface area contributed by atoms with Crippen molar-refractivity contribution in [3.63, 3.8) is 0 Å². The predicted molar refractivity (Wildman–Crippen MR) is 101 cm³/mol. The van der Waals surface area contributed by atoms with Crippen molar-refractivity contribution >= 4 is 12.1 Å². The molecular weight excluding hydrogens is 364 g/mol. The van der Waals surface area contributed by atoms with Gasteiger partial charge in [0.05, 0.1) is 6.42 Å². The third-order valence-electron chi connectivity index (χ3n) is 5.06. The standard InChI is InChI=1S/C20H28N2O6/c1-3-22(15(2)11-16-5-6-17-18(12-16)26-13-25-17)20(24)28-14-27-19(23)7-10-21-8-4-9-21/h5-6,12,15H,3-4,7-11,13-14H2,1-2H3. The molecule has 28 heavy (non-hydrogen) atoms. The van der Waals surface area contributed by atoms with Gasteiger partial charge in [0.15, 0.2) is 11.5 Å². The molecule has 2 heterocycles. The van der Waals surface area contributed by atoms with E-state index in [1.54, 1.807) is 4.90 Å². The highest BCUT2D eigenvalue weighted by Crippen LogP contribution is 2.33. The molecule has 1 saturated heterocycles. The highest BCUT2D eigenvalue weighted by atomic mass is 16.7. The molecule has 2 aliphatic heterocycles. The SMILES string of the molecule is CCN(C(=O)OCOC(=O)CCN1CCC1)C(C)Cc1ccc2c(c1)OCO2. The summed E-state index contributed by atoms with van der Waals surface area (Å²) in [7, 11) is 0. The van der Waals surface area contributed by atoms with Gasteiger partial charge in [-0.2, -0.15) is 0 Å². The minimum atomic E-state index is -0.494. The van der Waals surface area contributed by atoms with E-state index >= 15 is 0 Å². The smallest absolute Gasteiger partial charge is 0.412 e. The van der Waals surface area contributed by atoms with Crippen molar-refractivity contribution in [2.75, 3.05) is 39.8 Å². The van der Waals surface area contributed by atoms with Gasteiger partial charge in [-0.05, 0) is 57.5 Å². The Bertz CT molecular complexity index is 691. The Morgan fingerprint density at radius 2 is 2.00 bits per heavy atom. The van der Waals surface area contributed by atoms with E-state index in [4.69, 9.17) is 18.9 Å². The van der Waals surface area contributed by atoms with E-state index in [-0.39, 0.29) is 25.6 Å². The van der Waals surface area contributed by atoms with Crippen molar-refractivity contribution in [1.29, 1.82) is 0 Å². The van der Waals surface area contributed by atoms with Crippen molar-refractivity contribution in [2.45, 2.75) is 39.2 Å². The summed E-state index contributed by atoms with van der Waals surface area (Å²) >= 11 is 0. The number of likely N-dealkylation sites (tertiary alicyclic amines) is 1. The van der Waals surface area contributed by atoms with Crippen molar-refractivity contribution in [1.82, 2.24) is 9.80 Å². The van der Waals surface area contributed by atoms with Crippen LogP contribution < -0.4 is 9.47 Å². The molecule has 0 N–H and O–H groups in total. The van der Waals surface area contributed by atoms with Gasteiger partial charge in [0.25, 0.3) is 0 Å². The summed E-state index contributed by atoms with van der Waals surface area (Å²) in [4.78, 5) is 27.9. The summed E-state index contributed by atoms with van der Waals surface area (Å²) in [5.41, 5.74) is 1.04. The quantitative estimate of drug-likeness (QED) is 0.472. The number of carbonyl (C=O) groups excluding carboxylic acids is 2. The molecule has 1 aromatic rings. The topological polar surface area (TPSA) is 77.5 Å². The van der Waals surface area contributed by atoms with Gasteiger partial charge in [-0.25, -0.2) is 4.79 Å². The zero-order chi connectivity index (χ0) is 19.9. The number of rotatable bonds is 9. The van der Waals surface area contributed by atoms with Gasteiger partial charge in [-0.1, -0.05) is 6.07 Å². The van der Waals surface area contributed by atoms with E-state index in [0.717, 1.165) is 30.2 Å². The Hall–Kier alpha value is -2.48. The van der Waals surface area contributed by atoms with E-state index in [9.17, 15) is 9.59 Å². The molecule has 0 aliphatic carbocycles. The highest BCUT2D eigenvalue weighted by Gasteiger charge is 2.22. The van der Waals surface area contributed by atoms with Gasteiger partial charge in [0.1, 0.15) is 0 Å². The second-order valence-corrected chi connectivity index (χ2v) is 7.02. The number of likely N-dealkylation sites (N-methyl/N-ethyl adjacent to an activating group) is 1. The predicted octanol–water partition coefficient (Wildman–Crippen LogP) is 2.40. The van der Waals surface area contributed by atoms with Gasteiger partial charge in [0, 0.05) is 19.1 Å². The van der Waals surface area contributed by atoms with E-state index in [0.29, 0.717) is 25.9 Å². The van der Waals surface area contributed by atoms with Crippen LogP contribution in [0.25, 0.3) is 0 Å². The molecule has 1 unspecified atom stereocenters. The van der Waals surface area contributed by atoms with Crippen LogP contribution in [-0.2, 0) is 20.7 Å². The first-order valence-corrected chi connectivity index (χ1v) is 9.76. The fraction of sp³-hybridized carbons (Fsp3) is 0.600. The number of benzene rings is 1. The number of fused-ring (bicyclic) bond motifs is 1. The van der Waals surface area contributed by atoms with Crippen LogP contribution in [0.3, 0.4) is 0 Å². The number of ether oxygens (including phenoxy) is 4. The minimum absolute atomic E-state index is 0.0833. The van der Waals surface area contributed by atoms with Crippen LogP contribution in [0.15, 0.2) is 18.2 Å². The Labute approximate surface area is 165 Å². The number of carbonyl (C=O) groups is 2. The molecule has 154 valence electrons. The Kier molecular flexibility index (Phi) is 6.97. The fourth-order valence-corrected chi connectivity index (χ4v) is 3.30. The maximum Gasteiger partial charge on any atom is 0.412 e. The number of hydrogen-bond acceptors (Lipinski definition) is 7. The Morgan fingerprint density at radius 3 is 2.71 bits per heavy atom. The van der Waals surface area contributed by atoms with Crippen molar-refractivity contribution in [3.05, 3.63) is 23.8 Å². The van der Waals surface area contributed by atoms with Gasteiger partial charge < -0.3 is 28.7 Å². The van der Waals surface area contributed by atoms with Crippen LogP contribution in [-0.4, -0.2) is 67.7 Å². The lowest BCUT2D eigenvalue weighted by Crippen LogP contribution is -2.40. The number of amides is 1. The lowest BCUT2D eigenvalue weighted by atomic mass is 10.1. The molecule has 8 heteroatoms. The summed E-state index contributed by atoms with van der Waals surface area (Å²) < 4.78 is 20.9. The molecule has 0 aromatic heterocycles. The molecule has 2 aliphatic rings. The molecule has 1 aromatic carbocycles. The van der Waals surface area contributed by atoms with Crippen LogP contribution in [0.1, 0.15) is 32.3 Å². The van der Waals surface area contributed by atoms with E-state index < -0.39 is 6.09 Å². The molecule has 1 atom stereocenters. The Morgan fingerprint density at radius 1 is 1.21 bits per heavy atom. The van der Waals surface area contributed by atoms with Crippen LogP contribution in [0, 0.1) is 0 Å². The largest absolute Gasteiger partial charge is 0.454 e. The molecule has 0 saturated carbocycles. The van der Waals surface area contributed by atoms with Gasteiger partial charge >= 0.3 is 12.1 Å². The third kappa shape index (κ3) is 5.28. The zero-order valence-electron chi connectivity index (χ0n) is 16.5. The summed E-state index contributed by atoms with van der Waals surface area (Å²) in [6, 6.07) is 5.68. The molecule has 0 bridgehead atoms.